The van der Waals surface area contributed by atoms with Crippen LogP contribution in [0.2, 0.25) is 0 Å². The van der Waals surface area contributed by atoms with Gasteiger partial charge < -0.3 is 4.74 Å². The van der Waals surface area contributed by atoms with Crippen LogP contribution in [0.5, 0.6) is 0 Å². The molecular formula is C11H6Br2FNO2. The van der Waals surface area contributed by atoms with Crippen molar-refractivity contribution in [3.63, 3.8) is 0 Å². The third kappa shape index (κ3) is 2.07. The minimum atomic E-state index is -0.564. The summed E-state index contributed by atoms with van der Waals surface area (Å²) in [5.74, 6) is -1.01. The molecular weight excluding hydrogens is 357 g/mol. The lowest BCUT2D eigenvalue weighted by atomic mass is 10.1. The Kier molecular flexibility index (Phi) is 3.44. The van der Waals surface area contributed by atoms with E-state index in [1.807, 2.05) is 0 Å². The summed E-state index contributed by atoms with van der Waals surface area (Å²) < 4.78 is 19.3. The van der Waals surface area contributed by atoms with Crippen molar-refractivity contribution in [3.05, 3.63) is 38.7 Å². The second kappa shape index (κ2) is 4.70. The summed E-state index contributed by atoms with van der Waals surface area (Å²) in [6.45, 7) is 0. The molecule has 0 saturated heterocycles. The van der Waals surface area contributed by atoms with Crippen molar-refractivity contribution in [2.75, 3.05) is 7.11 Å². The first kappa shape index (κ1) is 12.4. The second-order valence-corrected chi connectivity index (χ2v) is 4.88. The first-order valence-corrected chi connectivity index (χ1v) is 6.15. The number of aromatic nitrogens is 1. The summed E-state index contributed by atoms with van der Waals surface area (Å²) in [4.78, 5) is 15.5. The van der Waals surface area contributed by atoms with Gasteiger partial charge in [0.25, 0.3) is 0 Å². The van der Waals surface area contributed by atoms with Crippen LogP contribution >= 0.6 is 31.9 Å². The predicted octanol–water partition coefficient (Wildman–Crippen LogP) is 3.69. The number of hydrogen-bond donors (Lipinski definition) is 0. The largest absolute Gasteiger partial charge is 0.465 e. The number of rotatable bonds is 1. The van der Waals surface area contributed by atoms with Crippen molar-refractivity contribution in [1.29, 1.82) is 0 Å². The maximum Gasteiger partial charge on any atom is 0.340 e. The fourth-order valence-electron chi connectivity index (χ4n) is 1.45. The van der Waals surface area contributed by atoms with Crippen LogP contribution in [0.1, 0.15) is 10.4 Å². The quantitative estimate of drug-likeness (QED) is 0.726. The Balaban J connectivity index is 2.84. The highest BCUT2D eigenvalue weighted by Crippen LogP contribution is 2.32. The van der Waals surface area contributed by atoms with Gasteiger partial charge in [0.2, 0.25) is 0 Å². The van der Waals surface area contributed by atoms with Gasteiger partial charge >= 0.3 is 5.97 Å². The molecule has 1 heterocycles. The minimum absolute atomic E-state index is 0.192. The van der Waals surface area contributed by atoms with Crippen LogP contribution in [0.25, 0.3) is 10.9 Å². The van der Waals surface area contributed by atoms with E-state index in [1.165, 1.54) is 19.4 Å². The first-order chi connectivity index (χ1) is 8.06. The van der Waals surface area contributed by atoms with Gasteiger partial charge in [-0.3, -0.25) is 4.98 Å². The Morgan fingerprint density at radius 3 is 2.76 bits per heavy atom. The zero-order valence-electron chi connectivity index (χ0n) is 8.63. The molecule has 2 aromatic rings. The molecule has 2 rings (SSSR count). The Hall–Kier alpha value is -1.01. The zero-order chi connectivity index (χ0) is 12.6. The highest BCUT2D eigenvalue weighted by atomic mass is 79.9. The summed E-state index contributed by atoms with van der Waals surface area (Å²) in [7, 11) is 1.26. The molecule has 17 heavy (non-hydrogen) atoms. The number of esters is 1. The van der Waals surface area contributed by atoms with Crippen molar-refractivity contribution in [2.45, 2.75) is 0 Å². The summed E-state index contributed by atoms with van der Waals surface area (Å²) in [6.07, 6.45) is 1.35. The molecule has 1 aromatic carbocycles. The van der Waals surface area contributed by atoms with Gasteiger partial charge in [0.1, 0.15) is 5.82 Å². The van der Waals surface area contributed by atoms with Crippen LogP contribution in [0.4, 0.5) is 4.39 Å². The standard InChI is InChI=1S/C11H6Br2FNO2/c1-17-11(16)5-4-15-10-6(12)2-3-7(14)8(10)9(5)13/h2-4H,1H3. The Bertz CT molecular complexity index is 616. The lowest BCUT2D eigenvalue weighted by Gasteiger charge is -2.07. The van der Waals surface area contributed by atoms with E-state index in [0.717, 1.165) is 0 Å². The number of nitrogens with zero attached hydrogens (tertiary/aromatic N) is 1. The van der Waals surface area contributed by atoms with Crippen molar-refractivity contribution < 1.29 is 13.9 Å². The number of halogens is 3. The van der Waals surface area contributed by atoms with E-state index < -0.39 is 11.8 Å². The van der Waals surface area contributed by atoms with Gasteiger partial charge in [0.15, 0.2) is 0 Å². The van der Waals surface area contributed by atoms with Crippen molar-refractivity contribution in [2.24, 2.45) is 0 Å². The Labute approximate surface area is 113 Å². The molecule has 0 N–H and O–H groups in total. The number of ether oxygens (including phenoxy) is 1. The number of carbonyl (C=O) groups excluding carboxylic acids is 1. The van der Waals surface area contributed by atoms with Gasteiger partial charge in [0, 0.05) is 15.1 Å². The third-order valence-corrected chi connectivity index (χ3v) is 3.73. The van der Waals surface area contributed by atoms with Gasteiger partial charge in [-0.1, -0.05) is 0 Å². The second-order valence-electron chi connectivity index (χ2n) is 3.23. The van der Waals surface area contributed by atoms with E-state index >= 15 is 0 Å². The van der Waals surface area contributed by atoms with E-state index in [-0.39, 0.29) is 10.9 Å². The van der Waals surface area contributed by atoms with Gasteiger partial charge in [-0.25, -0.2) is 9.18 Å². The monoisotopic (exact) mass is 361 g/mol. The summed E-state index contributed by atoms with van der Waals surface area (Å²) in [5, 5.41) is 0.252. The lowest BCUT2D eigenvalue weighted by Crippen LogP contribution is -2.04. The molecule has 0 atom stereocenters. The van der Waals surface area contributed by atoms with Crippen LogP contribution in [0.3, 0.4) is 0 Å². The number of benzene rings is 1. The van der Waals surface area contributed by atoms with Crippen LogP contribution in [-0.2, 0) is 4.74 Å². The van der Waals surface area contributed by atoms with E-state index in [0.29, 0.717) is 14.5 Å². The molecule has 6 heteroatoms. The number of pyridine rings is 1. The molecule has 0 unspecified atom stereocenters. The Morgan fingerprint density at radius 1 is 1.41 bits per heavy atom. The van der Waals surface area contributed by atoms with Crippen LogP contribution < -0.4 is 0 Å². The molecule has 3 nitrogen and oxygen atoms in total. The summed E-state index contributed by atoms with van der Waals surface area (Å²) in [5.41, 5.74) is 0.640. The van der Waals surface area contributed by atoms with Crippen LogP contribution in [0.15, 0.2) is 27.3 Å². The zero-order valence-corrected chi connectivity index (χ0v) is 11.8. The molecule has 0 spiro atoms. The maximum absolute atomic E-state index is 13.7. The smallest absolute Gasteiger partial charge is 0.340 e. The molecule has 0 fully saturated rings. The highest BCUT2D eigenvalue weighted by molar-refractivity contribution is 9.11. The topological polar surface area (TPSA) is 39.2 Å². The van der Waals surface area contributed by atoms with Crippen LogP contribution in [-0.4, -0.2) is 18.1 Å². The number of fused-ring (bicyclic) bond motifs is 1. The molecule has 0 saturated carbocycles. The normalized spacial score (nSPS) is 10.6. The predicted molar refractivity (Wildman–Crippen MR) is 68.4 cm³/mol. The summed E-state index contributed by atoms with van der Waals surface area (Å²) in [6, 6.07) is 2.87. The SMILES string of the molecule is COC(=O)c1cnc2c(Br)ccc(F)c2c1Br. The van der Waals surface area contributed by atoms with Crippen molar-refractivity contribution in [1.82, 2.24) is 4.98 Å². The molecule has 0 amide bonds. The average molecular weight is 363 g/mol. The van der Waals surface area contributed by atoms with E-state index in [4.69, 9.17) is 0 Å². The maximum atomic E-state index is 13.7. The van der Waals surface area contributed by atoms with Gasteiger partial charge in [-0.15, -0.1) is 0 Å². The van der Waals surface area contributed by atoms with Gasteiger partial charge in [0.05, 0.1) is 23.6 Å². The first-order valence-electron chi connectivity index (χ1n) is 4.56. The van der Waals surface area contributed by atoms with E-state index in [1.54, 1.807) is 6.07 Å². The molecule has 0 aliphatic heterocycles. The van der Waals surface area contributed by atoms with Crippen molar-refractivity contribution in [3.8, 4) is 0 Å². The number of carbonyl (C=O) groups is 1. The molecule has 0 aliphatic carbocycles. The fourth-order valence-corrected chi connectivity index (χ4v) is 2.52. The van der Waals surface area contributed by atoms with Gasteiger partial charge in [-0.05, 0) is 44.0 Å². The highest BCUT2D eigenvalue weighted by Gasteiger charge is 2.17. The van der Waals surface area contributed by atoms with Gasteiger partial charge in [-0.2, -0.15) is 0 Å². The third-order valence-electron chi connectivity index (χ3n) is 2.26. The average Bonchev–Trinajstić information content (AvgIpc) is 2.33. The minimum Gasteiger partial charge on any atom is -0.465 e. The lowest BCUT2D eigenvalue weighted by molar-refractivity contribution is 0.0599. The van der Waals surface area contributed by atoms with Crippen LogP contribution in [0, 0.1) is 5.82 Å². The molecule has 1 aromatic heterocycles. The molecule has 88 valence electrons. The summed E-state index contributed by atoms with van der Waals surface area (Å²) >= 11 is 6.48. The van der Waals surface area contributed by atoms with E-state index in [2.05, 4.69) is 41.6 Å². The molecule has 0 aliphatic rings. The van der Waals surface area contributed by atoms with E-state index in [9.17, 15) is 9.18 Å². The number of hydrogen-bond acceptors (Lipinski definition) is 3. The fraction of sp³-hybridized carbons (Fsp3) is 0.0909. The molecule has 0 radical (unpaired) electrons. The molecule has 0 bridgehead atoms. The Morgan fingerprint density at radius 2 is 2.12 bits per heavy atom. The van der Waals surface area contributed by atoms with Crippen molar-refractivity contribution >= 4 is 48.7 Å². The number of methoxy groups -OCH3 is 1.